The molecule has 0 amide bonds. The van der Waals surface area contributed by atoms with Crippen LogP contribution in [0.15, 0.2) is 52.4 Å². The molecule has 1 saturated carbocycles. The van der Waals surface area contributed by atoms with Crippen LogP contribution < -0.4 is 0 Å². The zero-order chi connectivity index (χ0) is 14.2. The monoisotopic (exact) mass is 270 g/mol. The summed E-state index contributed by atoms with van der Waals surface area (Å²) >= 11 is 0. The van der Waals surface area contributed by atoms with E-state index in [0.717, 1.165) is 17.9 Å². The molecular weight excluding hydrogens is 248 g/mol. The van der Waals surface area contributed by atoms with Crippen LogP contribution in [0.5, 0.6) is 0 Å². The Kier molecular flexibility index (Phi) is 3.12. The summed E-state index contributed by atoms with van der Waals surface area (Å²) in [5.74, 6) is 1.75. The van der Waals surface area contributed by atoms with Crippen LogP contribution in [-0.4, -0.2) is 5.60 Å². The Balaban J connectivity index is 1.86. The molecular formula is C18H22O2. The van der Waals surface area contributed by atoms with Gasteiger partial charge in [0, 0.05) is 0 Å². The minimum Gasteiger partial charge on any atom is -0.483 e. The molecule has 2 heteroatoms. The molecule has 0 saturated heterocycles. The van der Waals surface area contributed by atoms with E-state index in [0.29, 0.717) is 0 Å². The zero-order valence-corrected chi connectivity index (χ0v) is 12.5. The highest BCUT2D eigenvalue weighted by molar-refractivity contribution is 5.48. The lowest BCUT2D eigenvalue weighted by Crippen LogP contribution is -2.42. The van der Waals surface area contributed by atoms with Crippen LogP contribution in [0.25, 0.3) is 6.08 Å². The minimum atomic E-state index is -0.153. The van der Waals surface area contributed by atoms with Crippen LogP contribution >= 0.6 is 0 Å². The molecule has 106 valence electrons. The van der Waals surface area contributed by atoms with Crippen molar-refractivity contribution in [3.05, 3.63) is 53.7 Å². The highest BCUT2D eigenvalue weighted by atomic mass is 16.5. The molecule has 1 atom stereocenters. The largest absolute Gasteiger partial charge is 0.483 e. The minimum absolute atomic E-state index is 0.153. The van der Waals surface area contributed by atoms with Crippen LogP contribution in [0.1, 0.15) is 45.8 Å². The van der Waals surface area contributed by atoms with E-state index in [9.17, 15) is 0 Å². The van der Waals surface area contributed by atoms with E-state index in [2.05, 4.69) is 32.9 Å². The van der Waals surface area contributed by atoms with E-state index >= 15 is 0 Å². The van der Waals surface area contributed by atoms with Gasteiger partial charge in [-0.2, -0.15) is 0 Å². The standard InChI is InChI=1S/C18H22O2/c1-17(2)11-5-12-18(3)16(17)10-9-15(20-18)8-7-14-6-4-13-19-14/h4,6-10,13H,5,11-12H2,1-3H3/b8-7+. The number of ether oxygens (including phenoxy) is 1. The second-order valence-electron chi connectivity index (χ2n) is 6.57. The van der Waals surface area contributed by atoms with Crippen molar-refractivity contribution in [2.45, 2.75) is 45.6 Å². The third kappa shape index (κ3) is 2.35. The van der Waals surface area contributed by atoms with E-state index in [1.54, 1.807) is 6.26 Å². The SMILES string of the molecule is CC1(C)CCCC2(C)OC(/C=C/c3ccco3)=CC=C12. The van der Waals surface area contributed by atoms with Gasteiger partial charge in [0.15, 0.2) is 0 Å². The molecule has 20 heavy (non-hydrogen) atoms. The summed E-state index contributed by atoms with van der Waals surface area (Å²) in [5, 5.41) is 0. The zero-order valence-electron chi connectivity index (χ0n) is 12.5. The molecule has 1 fully saturated rings. The molecule has 0 aromatic carbocycles. The van der Waals surface area contributed by atoms with Crippen molar-refractivity contribution < 1.29 is 9.15 Å². The van der Waals surface area contributed by atoms with Crippen LogP contribution in [0.3, 0.4) is 0 Å². The molecule has 2 nitrogen and oxygen atoms in total. The molecule has 1 unspecified atom stereocenters. The fraction of sp³-hybridized carbons (Fsp3) is 0.444. The Bertz CT molecular complexity index is 573. The van der Waals surface area contributed by atoms with Crippen molar-refractivity contribution in [2.24, 2.45) is 5.41 Å². The van der Waals surface area contributed by atoms with E-state index < -0.39 is 0 Å². The molecule has 1 aromatic rings. The summed E-state index contributed by atoms with van der Waals surface area (Å²) in [5.41, 5.74) is 1.51. The lowest BCUT2D eigenvalue weighted by Gasteiger charge is -2.47. The third-order valence-corrected chi connectivity index (χ3v) is 4.47. The summed E-state index contributed by atoms with van der Waals surface area (Å²) in [6.07, 6.45) is 13.5. The van der Waals surface area contributed by atoms with Gasteiger partial charge in [-0.1, -0.05) is 19.9 Å². The fourth-order valence-corrected chi connectivity index (χ4v) is 3.46. The molecule has 1 aromatic heterocycles. The lowest BCUT2D eigenvalue weighted by atomic mass is 9.65. The van der Waals surface area contributed by atoms with Gasteiger partial charge in [0.25, 0.3) is 0 Å². The second kappa shape index (κ2) is 4.69. The van der Waals surface area contributed by atoms with Crippen LogP contribution in [0, 0.1) is 5.41 Å². The normalized spacial score (nSPS) is 28.6. The van der Waals surface area contributed by atoms with Crippen molar-refractivity contribution in [3.8, 4) is 0 Å². The van der Waals surface area contributed by atoms with Crippen molar-refractivity contribution in [1.82, 2.24) is 0 Å². The van der Waals surface area contributed by atoms with Gasteiger partial charge in [0.05, 0.1) is 6.26 Å². The Morgan fingerprint density at radius 2 is 1.95 bits per heavy atom. The maximum atomic E-state index is 6.28. The van der Waals surface area contributed by atoms with Crippen LogP contribution in [0.4, 0.5) is 0 Å². The van der Waals surface area contributed by atoms with Gasteiger partial charge < -0.3 is 9.15 Å². The first-order valence-corrected chi connectivity index (χ1v) is 7.33. The van der Waals surface area contributed by atoms with Crippen molar-refractivity contribution in [2.75, 3.05) is 0 Å². The third-order valence-electron chi connectivity index (χ3n) is 4.47. The molecule has 1 aliphatic carbocycles. The maximum absolute atomic E-state index is 6.28. The Hall–Kier alpha value is -1.70. The van der Waals surface area contributed by atoms with E-state index in [-0.39, 0.29) is 11.0 Å². The summed E-state index contributed by atoms with van der Waals surface area (Å²) in [4.78, 5) is 0. The summed E-state index contributed by atoms with van der Waals surface area (Å²) in [7, 11) is 0. The fourth-order valence-electron chi connectivity index (χ4n) is 3.46. The molecule has 0 radical (unpaired) electrons. The summed E-state index contributed by atoms with van der Waals surface area (Å²) in [6.45, 7) is 6.85. The molecule has 0 bridgehead atoms. The molecule has 2 heterocycles. The van der Waals surface area contributed by atoms with E-state index in [4.69, 9.17) is 9.15 Å². The predicted molar refractivity (Wildman–Crippen MR) is 81.0 cm³/mol. The number of rotatable bonds is 2. The second-order valence-corrected chi connectivity index (χ2v) is 6.57. The van der Waals surface area contributed by atoms with Gasteiger partial charge in [-0.15, -0.1) is 0 Å². The smallest absolute Gasteiger partial charge is 0.128 e. The maximum Gasteiger partial charge on any atom is 0.128 e. The highest BCUT2D eigenvalue weighted by Gasteiger charge is 2.44. The summed E-state index contributed by atoms with van der Waals surface area (Å²) < 4.78 is 11.6. The Labute approximate surface area is 120 Å². The van der Waals surface area contributed by atoms with Crippen molar-refractivity contribution in [1.29, 1.82) is 0 Å². The average molecular weight is 270 g/mol. The highest BCUT2D eigenvalue weighted by Crippen LogP contribution is 2.49. The molecule has 2 aliphatic rings. The number of furan rings is 1. The van der Waals surface area contributed by atoms with E-state index in [1.807, 2.05) is 24.3 Å². The van der Waals surface area contributed by atoms with Gasteiger partial charge in [-0.3, -0.25) is 0 Å². The van der Waals surface area contributed by atoms with Crippen LogP contribution in [0.2, 0.25) is 0 Å². The molecule has 0 N–H and O–H groups in total. The Morgan fingerprint density at radius 3 is 2.70 bits per heavy atom. The van der Waals surface area contributed by atoms with Gasteiger partial charge in [0.1, 0.15) is 17.1 Å². The van der Waals surface area contributed by atoms with Gasteiger partial charge in [-0.25, -0.2) is 0 Å². The average Bonchev–Trinajstić information content (AvgIpc) is 2.88. The number of allylic oxidation sites excluding steroid dienone is 3. The topological polar surface area (TPSA) is 22.4 Å². The van der Waals surface area contributed by atoms with Crippen molar-refractivity contribution >= 4 is 6.08 Å². The van der Waals surface area contributed by atoms with E-state index in [1.165, 1.54) is 18.4 Å². The lowest BCUT2D eigenvalue weighted by molar-refractivity contribution is 0.00704. The number of fused-ring (bicyclic) bond motifs is 1. The Morgan fingerprint density at radius 1 is 1.10 bits per heavy atom. The van der Waals surface area contributed by atoms with Gasteiger partial charge >= 0.3 is 0 Å². The molecule has 0 spiro atoms. The van der Waals surface area contributed by atoms with Crippen LogP contribution in [-0.2, 0) is 4.74 Å². The number of hydrogen-bond donors (Lipinski definition) is 0. The van der Waals surface area contributed by atoms with Gasteiger partial charge in [-0.05, 0) is 67.5 Å². The predicted octanol–water partition coefficient (Wildman–Crippen LogP) is 5.10. The van der Waals surface area contributed by atoms with Gasteiger partial charge in [0.2, 0.25) is 0 Å². The quantitative estimate of drug-likeness (QED) is 0.745. The summed E-state index contributed by atoms with van der Waals surface area (Å²) in [6, 6.07) is 3.82. The molecule has 3 rings (SSSR count). The van der Waals surface area contributed by atoms with Crippen molar-refractivity contribution in [3.63, 3.8) is 0 Å². The number of hydrogen-bond acceptors (Lipinski definition) is 2. The molecule has 1 aliphatic heterocycles. The first-order valence-electron chi connectivity index (χ1n) is 7.33. The first kappa shape index (κ1) is 13.3. The first-order chi connectivity index (χ1) is 9.50.